The molecule has 10 heteroatoms. The first kappa shape index (κ1) is 28.7. The van der Waals surface area contributed by atoms with Crippen molar-refractivity contribution in [1.82, 2.24) is 0 Å². The van der Waals surface area contributed by atoms with Crippen molar-refractivity contribution in [2.45, 2.75) is 60.1 Å². The van der Waals surface area contributed by atoms with E-state index in [4.69, 9.17) is 0 Å². The van der Waals surface area contributed by atoms with Gasteiger partial charge in [0, 0.05) is 0 Å². The molecule has 0 aliphatic carbocycles. The minimum absolute atomic E-state index is 0.155. The van der Waals surface area contributed by atoms with E-state index in [1.807, 2.05) is 0 Å². The molecule has 0 nitrogen and oxygen atoms in total. The molecule has 0 aromatic heterocycles. The summed E-state index contributed by atoms with van der Waals surface area (Å²) in [6.45, 7) is -11.4. The van der Waals surface area contributed by atoms with Gasteiger partial charge < -0.3 is 0 Å². The monoisotopic (exact) mass is 530 g/mol. The Labute approximate surface area is 209 Å². The number of halogens is 9. The Morgan fingerprint density at radius 2 is 0.514 bits per heavy atom. The molecule has 0 N–H and O–H groups in total. The van der Waals surface area contributed by atoms with Crippen LogP contribution in [0.1, 0.15) is 50.1 Å². The highest BCUT2D eigenvalue weighted by atomic mass is 19.2. The topological polar surface area (TPSA) is 0 Å². The van der Waals surface area contributed by atoms with Crippen LogP contribution in [0, 0.1) is 0 Å². The molecule has 0 aliphatic heterocycles. The Kier molecular flexibility index (Phi) is 10.1. The average molecular weight is 530 g/mol. The summed E-state index contributed by atoms with van der Waals surface area (Å²) in [6.07, 6.45) is 0. The van der Waals surface area contributed by atoms with Crippen LogP contribution < -0.4 is 16.4 Å². The van der Waals surface area contributed by atoms with Crippen LogP contribution in [0.4, 0.5) is 39.5 Å². The fraction of sp³-hybridized carbons (Fsp3) is 0.333. The van der Waals surface area contributed by atoms with Crippen molar-refractivity contribution in [2.24, 2.45) is 0 Å². The first-order valence-corrected chi connectivity index (χ1v) is 11.4. The van der Waals surface area contributed by atoms with E-state index in [1.165, 1.54) is 36.4 Å². The van der Waals surface area contributed by atoms with Gasteiger partial charge in [-0.25, -0.2) is 39.5 Å². The standard InChI is InChI=1S/C27H24BF9/c29-7-16-1-22(2-17(8-30)25(16)13-35)28(23-3-18(9-31)26(14-36)19(4-23)10-32)24-5-20(11-33)27(15-37)21(6-24)12-34/h1-6H,7-15H2. The summed E-state index contributed by atoms with van der Waals surface area (Å²) in [7, 11) is 0. The lowest BCUT2D eigenvalue weighted by Gasteiger charge is -2.23. The summed E-state index contributed by atoms with van der Waals surface area (Å²) < 4.78 is 124. The van der Waals surface area contributed by atoms with Crippen LogP contribution in [-0.4, -0.2) is 6.71 Å². The zero-order valence-corrected chi connectivity index (χ0v) is 19.8. The van der Waals surface area contributed by atoms with E-state index >= 15 is 0 Å². The maximum Gasteiger partial charge on any atom is 0.241 e. The number of rotatable bonds is 12. The maximum absolute atomic E-state index is 13.8. The largest absolute Gasteiger partial charge is 0.246 e. The Balaban J connectivity index is 2.43. The van der Waals surface area contributed by atoms with Gasteiger partial charge in [0.2, 0.25) is 6.71 Å². The van der Waals surface area contributed by atoms with Crippen LogP contribution in [0.25, 0.3) is 0 Å². The molecule has 198 valence electrons. The zero-order valence-electron chi connectivity index (χ0n) is 19.8. The molecular formula is C27H24BF9. The van der Waals surface area contributed by atoms with E-state index in [2.05, 4.69) is 0 Å². The maximum atomic E-state index is 13.8. The quantitative estimate of drug-likeness (QED) is 0.187. The zero-order chi connectivity index (χ0) is 27.1. The van der Waals surface area contributed by atoms with Gasteiger partial charge in [0.25, 0.3) is 0 Å². The SMILES string of the molecule is FCc1cc(B(c2cc(CF)c(CF)c(CF)c2)c2cc(CF)c(CF)c(CF)c2)cc(CF)c1CF. The van der Waals surface area contributed by atoms with Crippen molar-refractivity contribution >= 4 is 23.1 Å². The van der Waals surface area contributed by atoms with Crippen molar-refractivity contribution < 1.29 is 39.5 Å². The van der Waals surface area contributed by atoms with E-state index in [0.717, 1.165) is 0 Å². The number of hydrogen-bond acceptors (Lipinski definition) is 0. The summed E-state index contributed by atoms with van der Waals surface area (Å²) in [5.41, 5.74) is -1.05. The lowest BCUT2D eigenvalue weighted by Crippen LogP contribution is -2.53. The van der Waals surface area contributed by atoms with E-state index in [1.54, 1.807) is 0 Å². The minimum atomic E-state index is -1.15. The molecule has 37 heavy (non-hydrogen) atoms. The van der Waals surface area contributed by atoms with Crippen LogP contribution in [0.15, 0.2) is 36.4 Å². The Morgan fingerprint density at radius 1 is 0.324 bits per heavy atom. The van der Waals surface area contributed by atoms with E-state index in [0.29, 0.717) is 0 Å². The van der Waals surface area contributed by atoms with Gasteiger partial charge >= 0.3 is 0 Å². The molecule has 3 aromatic rings. The second-order valence-electron chi connectivity index (χ2n) is 8.59. The summed E-state index contributed by atoms with van der Waals surface area (Å²) >= 11 is 0. The predicted molar refractivity (Wildman–Crippen MR) is 127 cm³/mol. The van der Waals surface area contributed by atoms with Crippen LogP contribution in [-0.2, 0) is 60.1 Å². The third-order valence-corrected chi connectivity index (χ3v) is 6.64. The molecule has 0 heterocycles. The number of benzene rings is 3. The van der Waals surface area contributed by atoms with Gasteiger partial charge in [-0.3, -0.25) is 0 Å². The molecule has 3 aromatic carbocycles. The molecule has 0 unspecified atom stereocenters. The van der Waals surface area contributed by atoms with Gasteiger partial charge in [-0.1, -0.05) is 52.8 Å². The van der Waals surface area contributed by atoms with Crippen molar-refractivity contribution in [3.63, 3.8) is 0 Å². The average Bonchev–Trinajstić information content (AvgIpc) is 2.95. The molecule has 0 aliphatic rings. The first-order valence-electron chi connectivity index (χ1n) is 11.4. The van der Waals surface area contributed by atoms with Crippen LogP contribution in [0.5, 0.6) is 0 Å². The molecule has 3 rings (SSSR count). The second-order valence-corrected chi connectivity index (χ2v) is 8.59. The summed E-state index contributed by atoms with van der Waals surface area (Å²) in [5, 5.41) is 0. The normalized spacial score (nSPS) is 11.3. The molecule has 0 amide bonds. The number of alkyl halides is 9. The van der Waals surface area contributed by atoms with Gasteiger partial charge in [-0.05, 0) is 50.1 Å². The molecule has 0 saturated carbocycles. The van der Waals surface area contributed by atoms with Gasteiger partial charge in [0.15, 0.2) is 0 Å². The van der Waals surface area contributed by atoms with Gasteiger partial charge in [-0.15, -0.1) is 0 Å². The van der Waals surface area contributed by atoms with Gasteiger partial charge in [-0.2, -0.15) is 0 Å². The van der Waals surface area contributed by atoms with Crippen LogP contribution in [0.3, 0.4) is 0 Å². The number of hydrogen-bond donors (Lipinski definition) is 0. The van der Waals surface area contributed by atoms with Gasteiger partial charge in [0.05, 0.1) is 0 Å². The highest BCUT2D eigenvalue weighted by Gasteiger charge is 2.28. The fourth-order valence-corrected chi connectivity index (χ4v) is 4.78. The molecule has 0 spiro atoms. The van der Waals surface area contributed by atoms with Crippen molar-refractivity contribution in [3.8, 4) is 0 Å². The van der Waals surface area contributed by atoms with Crippen LogP contribution >= 0.6 is 0 Å². The Morgan fingerprint density at radius 3 is 0.649 bits per heavy atom. The van der Waals surface area contributed by atoms with E-state index < -0.39 is 66.8 Å². The van der Waals surface area contributed by atoms with E-state index in [9.17, 15) is 39.5 Å². The van der Waals surface area contributed by atoms with Crippen molar-refractivity contribution in [1.29, 1.82) is 0 Å². The third-order valence-electron chi connectivity index (χ3n) is 6.64. The Bertz CT molecular complexity index is 1000. The molecule has 0 saturated heterocycles. The lowest BCUT2D eigenvalue weighted by molar-refractivity contribution is 0.437. The molecule has 0 radical (unpaired) electrons. The summed E-state index contributed by atoms with van der Waals surface area (Å²) in [4.78, 5) is 0. The summed E-state index contributed by atoms with van der Waals surface area (Å²) in [6, 6.07) is 7.50. The summed E-state index contributed by atoms with van der Waals surface area (Å²) in [5.74, 6) is 0. The first-order chi connectivity index (χ1) is 17.9. The van der Waals surface area contributed by atoms with Crippen molar-refractivity contribution in [2.75, 3.05) is 0 Å². The van der Waals surface area contributed by atoms with Crippen LogP contribution in [0.2, 0.25) is 0 Å². The molecule has 0 fully saturated rings. The highest BCUT2D eigenvalue weighted by molar-refractivity contribution is 6.95. The van der Waals surface area contributed by atoms with Crippen molar-refractivity contribution in [3.05, 3.63) is 86.5 Å². The third kappa shape index (κ3) is 5.67. The molecular weight excluding hydrogens is 506 g/mol. The van der Waals surface area contributed by atoms with Gasteiger partial charge in [0.1, 0.15) is 60.1 Å². The lowest BCUT2D eigenvalue weighted by atomic mass is 9.36. The predicted octanol–water partition coefficient (Wildman–Crippen LogP) is 6.43. The highest BCUT2D eigenvalue weighted by Crippen LogP contribution is 2.23. The smallest absolute Gasteiger partial charge is 0.241 e. The van der Waals surface area contributed by atoms with E-state index in [-0.39, 0.29) is 66.5 Å². The Hall–Kier alpha value is -2.91. The fourth-order valence-electron chi connectivity index (χ4n) is 4.78. The molecule has 0 atom stereocenters. The second kappa shape index (κ2) is 13.1. The minimum Gasteiger partial charge on any atom is -0.246 e. The molecule has 0 bridgehead atoms.